The normalized spacial score (nSPS) is 9.80. The summed E-state index contributed by atoms with van der Waals surface area (Å²) in [6, 6.07) is 0. The number of hydrogen-bond acceptors (Lipinski definition) is 2. The fraction of sp³-hybridized carbons (Fsp3) is 0.500. The summed E-state index contributed by atoms with van der Waals surface area (Å²) in [7, 11) is 0. The van der Waals surface area contributed by atoms with E-state index in [1.807, 2.05) is 0 Å². The third-order valence-corrected chi connectivity index (χ3v) is 0.464. The largest absolute Gasteiger partial charge is 0.324 e. The Kier molecular flexibility index (Phi) is 3.91. The van der Waals surface area contributed by atoms with Crippen molar-refractivity contribution in [2.45, 2.75) is 0 Å². The number of nitrogens with zero attached hydrogens (tertiary/aromatic N) is 1. The van der Waals surface area contributed by atoms with E-state index in [0.717, 1.165) is 5.33 Å². The molecule has 2 nitrogen and oxygen atoms in total. The molecule has 5 heavy (non-hydrogen) atoms. The molecule has 0 saturated heterocycles. The van der Waals surface area contributed by atoms with Crippen LogP contribution in [0, 0.1) is 0 Å². The van der Waals surface area contributed by atoms with Gasteiger partial charge in [-0.1, -0.05) is 15.9 Å². The molecular formula is C2H5BrN2. The van der Waals surface area contributed by atoms with E-state index in [1.165, 1.54) is 0 Å². The van der Waals surface area contributed by atoms with Crippen LogP contribution in [0.15, 0.2) is 5.10 Å². The molecular weight excluding hydrogens is 132 g/mol. The molecule has 3 heteroatoms. The Hall–Kier alpha value is -0.0500. The Morgan fingerprint density at radius 2 is 2.60 bits per heavy atom. The molecule has 2 N–H and O–H groups in total. The van der Waals surface area contributed by atoms with Gasteiger partial charge in [-0.25, -0.2) is 0 Å². The van der Waals surface area contributed by atoms with Crippen LogP contribution in [-0.2, 0) is 0 Å². The first-order valence-electron chi connectivity index (χ1n) is 1.19. The lowest BCUT2D eigenvalue weighted by molar-refractivity contribution is 1.26. The van der Waals surface area contributed by atoms with E-state index in [1.54, 1.807) is 6.21 Å². The van der Waals surface area contributed by atoms with E-state index >= 15 is 0 Å². The fourth-order valence-corrected chi connectivity index (χ4v) is 0.207. The summed E-state index contributed by atoms with van der Waals surface area (Å²) in [5.74, 6) is 4.68. The number of halogens is 1. The van der Waals surface area contributed by atoms with Crippen LogP contribution in [0.25, 0.3) is 0 Å². The van der Waals surface area contributed by atoms with Crippen LogP contribution in [0.3, 0.4) is 0 Å². The van der Waals surface area contributed by atoms with Crippen molar-refractivity contribution in [3.05, 3.63) is 0 Å². The van der Waals surface area contributed by atoms with Crippen molar-refractivity contribution < 1.29 is 0 Å². The maximum absolute atomic E-state index is 4.68. The predicted molar refractivity (Wildman–Crippen MR) is 26.5 cm³/mol. The maximum atomic E-state index is 4.68. The van der Waals surface area contributed by atoms with Crippen molar-refractivity contribution in [1.82, 2.24) is 0 Å². The van der Waals surface area contributed by atoms with E-state index in [4.69, 9.17) is 0 Å². The number of alkyl halides is 1. The smallest absolute Gasteiger partial charge is 0.0404 e. The first-order chi connectivity index (χ1) is 2.41. The number of rotatable bonds is 1. The Morgan fingerprint density at radius 1 is 2.00 bits per heavy atom. The average molecular weight is 137 g/mol. The van der Waals surface area contributed by atoms with Crippen LogP contribution < -0.4 is 5.84 Å². The van der Waals surface area contributed by atoms with Gasteiger partial charge in [-0.15, -0.1) is 0 Å². The second-order valence-corrected chi connectivity index (χ2v) is 1.13. The van der Waals surface area contributed by atoms with E-state index in [9.17, 15) is 0 Å². The highest BCUT2D eigenvalue weighted by molar-refractivity contribution is 9.09. The van der Waals surface area contributed by atoms with Gasteiger partial charge in [0.15, 0.2) is 0 Å². The number of hydrogen-bond donors (Lipinski definition) is 1. The zero-order valence-corrected chi connectivity index (χ0v) is 4.27. The molecule has 30 valence electrons. The molecule has 0 rings (SSSR count). The van der Waals surface area contributed by atoms with E-state index in [-0.39, 0.29) is 0 Å². The number of hydrazone groups is 1. The second-order valence-electron chi connectivity index (χ2n) is 0.486. The monoisotopic (exact) mass is 136 g/mol. The molecule has 0 atom stereocenters. The van der Waals surface area contributed by atoms with Gasteiger partial charge < -0.3 is 5.84 Å². The zero-order chi connectivity index (χ0) is 4.12. The molecule has 0 aromatic carbocycles. The molecule has 0 aliphatic heterocycles. The van der Waals surface area contributed by atoms with Crippen LogP contribution in [-0.4, -0.2) is 11.5 Å². The minimum Gasteiger partial charge on any atom is -0.324 e. The first kappa shape index (κ1) is 4.95. The molecule has 0 saturated carbocycles. The summed E-state index contributed by atoms with van der Waals surface area (Å²) in [5, 5.41) is 3.92. The molecule has 0 amide bonds. The molecule has 0 radical (unpaired) electrons. The Balaban J connectivity index is 2.62. The van der Waals surface area contributed by atoms with Gasteiger partial charge in [0.1, 0.15) is 0 Å². The van der Waals surface area contributed by atoms with Gasteiger partial charge in [0.05, 0.1) is 0 Å². The summed E-state index contributed by atoms with van der Waals surface area (Å²) in [6.07, 6.45) is 1.57. The molecule has 0 heterocycles. The SMILES string of the molecule is N/N=C\CBr. The lowest BCUT2D eigenvalue weighted by atomic mass is 10.9. The summed E-state index contributed by atoms with van der Waals surface area (Å²) < 4.78 is 0. The van der Waals surface area contributed by atoms with Gasteiger partial charge >= 0.3 is 0 Å². The van der Waals surface area contributed by atoms with E-state index < -0.39 is 0 Å². The number of nitrogens with two attached hydrogens (primary N) is 1. The van der Waals surface area contributed by atoms with Crippen LogP contribution in [0.4, 0.5) is 0 Å². The lowest BCUT2D eigenvalue weighted by Crippen LogP contribution is -1.80. The molecule has 0 aromatic rings. The molecule has 0 bridgehead atoms. The summed E-state index contributed by atoms with van der Waals surface area (Å²) in [6.45, 7) is 0. The minimum atomic E-state index is 0.740. The Morgan fingerprint density at radius 3 is 2.60 bits per heavy atom. The second kappa shape index (κ2) is 3.95. The van der Waals surface area contributed by atoms with Crippen molar-refractivity contribution in [2.24, 2.45) is 10.9 Å². The molecule has 0 unspecified atom stereocenters. The lowest BCUT2D eigenvalue weighted by Gasteiger charge is -1.64. The summed E-state index contributed by atoms with van der Waals surface area (Å²) in [5.41, 5.74) is 0. The summed E-state index contributed by atoms with van der Waals surface area (Å²) in [4.78, 5) is 0. The van der Waals surface area contributed by atoms with Crippen molar-refractivity contribution in [2.75, 3.05) is 5.33 Å². The molecule has 0 aliphatic carbocycles. The van der Waals surface area contributed by atoms with Gasteiger partial charge in [0.2, 0.25) is 0 Å². The van der Waals surface area contributed by atoms with Crippen molar-refractivity contribution >= 4 is 22.1 Å². The molecule has 0 fully saturated rings. The van der Waals surface area contributed by atoms with Crippen molar-refractivity contribution in [3.8, 4) is 0 Å². The highest BCUT2D eigenvalue weighted by Crippen LogP contribution is 1.67. The van der Waals surface area contributed by atoms with Gasteiger partial charge in [-0.05, 0) is 0 Å². The van der Waals surface area contributed by atoms with Gasteiger partial charge in [-0.3, -0.25) is 0 Å². The quantitative estimate of drug-likeness (QED) is 0.240. The molecule has 0 aromatic heterocycles. The van der Waals surface area contributed by atoms with Crippen LogP contribution >= 0.6 is 15.9 Å². The average Bonchev–Trinajstić information content (AvgIpc) is 1.41. The van der Waals surface area contributed by atoms with Gasteiger partial charge in [0, 0.05) is 11.5 Å². The van der Waals surface area contributed by atoms with E-state index in [0.29, 0.717) is 0 Å². The van der Waals surface area contributed by atoms with Crippen molar-refractivity contribution in [3.63, 3.8) is 0 Å². The standard InChI is InChI=1S/C2H5BrN2/c3-1-2-5-4/h2H,1,4H2/b5-2-. The minimum absolute atomic E-state index is 0.740. The van der Waals surface area contributed by atoms with Gasteiger partial charge in [0.25, 0.3) is 0 Å². The Labute approximate surface area is 39.2 Å². The van der Waals surface area contributed by atoms with Crippen molar-refractivity contribution in [1.29, 1.82) is 0 Å². The summed E-state index contributed by atoms with van der Waals surface area (Å²) >= 11 is 3.08. The van der Waals surface area contributed by atoms with Crippen LogP contribution in [0.1, 0.15) is 0 Å². The molecule has 0 spiro atoms. The van der Waals surface area contributed by atoms with E-state index in [2.05, 4.69) is 26.9 Å². The zero-order valence-electron chi connectivity index (χ0n) is 2.69. The first-order valence-corrected chi connectivity index (χ1v) is 2.31. The molecule has 0 aliphatic rings. The van der Waals surface area contributed by atoms with Crippen LogP contribution in [0.5, 0.6) is 0 Å². The topological polar surface area (TPSA) is 38.4 Å². The third kappa shape index (κ3) is 3.95. The van der Waals surface area contributed by atoms with Crippen LogP contribution in [0.2, 0.25) is 0 Å². The highest BCUT2D eigenvalue weighted by Gasteiger charge is 1.55. The predicted octanol–water partition coefficient (Wildman–Crippen LogP) is 0.326. The highest BCUT2D eigenvalue weighted by atomic mass is 79.9. The van der Waals surface area contributed by atoms with Gasteiger partial charge in [-0.2, -0.15) is 5.10 Å². The third-order valence-electron chi connectivity index (χ3n) is 0.174. The maximum Gasteiger partial charge on any atom is 0.0404 e. The fourth-order valence-electron chi connectivity index (χ4n) is 0.0398. The Bertz CT molecular complexity index is 34.6.